The van der Waals surface area contributed by atoms with E-state index >= 15 is 0 Å². The van der Waals surface area contributed by atoms with Gasteiger partial charge >= 0.3 is 5.96 Å². The van der Waals surface area contributed by atoms with Gasteiger partial charge in [-0.3, -0.25) is 59.4 Å². The number of carbonyl (C=O) groups excluding carboxylic acids is 9. The SMILES string of the molecule is CC(C)C[C@H]1NC(=O)[C@@H](NC(=O)[C@@H]2CCC(=O)N2)[C@@H](C(C)C)c2ccc3c4c([nH]c3c2)-n2cnc(c2)C[C@@H](C(=O)[O-])NC(=O)CNC(=O)[C@@H](CCC[NH+]=C(N)N)NC(=O)[C@H](C4)NC(=O)[C@@H](C(C)C)NC1=O. The molecule has 0 radical (unpaired) electrons. The number of nitrogens with zero attached hydrogens (tertiary/aromatic N) is 2. The number of amides is 8. The Morgan fingerprint density at radius 1 is 0.831 bits per heavy atom. The van der Waals surface area contributed by atoms with Crippen molar-refractivity contribution in [3.05, 3.63) is 47.5 Å². The van der Waals surface area contributed by atoms with E-state index in [4.69, 9.17) is 11.5 Å². The molecule has 0 unspecified atom stereocenters. The summed E-state index contributed by atoms with van der Waals surface area (Å²) >= 11 is 0. The normalized spacial score (nSPS) is 24.9. The highest BCUT2D eigenvalue weighted by Crippen LogP contribution is 2.35. The van der Waals surface area contributed by atoms with E-state index in [-0.39, 0.29) is 80.9 Å². The number of aromatic nitrogens is 3. The maximum atomic E-state index is 14.8. The number of hydrogen-bond donors (Lipinski definition) is 12. The molecule has 8 atom stereocenters. The summed E-state index contributed by atoms with van der Waals surface area (Å²) in [6.07, 6.45) is 3.09. The number of aromatic amines is 1. The number of aliphatic carboxylic acids is 1. The van der Waals surface area contributed by atoms with Crippen LogP contribution in [0.25, 0.3) is 16.7 Å². The van der Waals surface area contributed by atoms with E-state index in [2.05, 4.69) is 57.5 Å². The summed E-state index contributed by atoms with van der Waals surface area (Å²) in [7, 11) is 0. The lowest BCUT2D eigenvalue weighted by Crippen LogP contribution is -2.78. The molecule has 71 heavy (non-hydrogen) atoms. The molecular weight excluding hydrogens is 921 g/mol. The minimum Gasteiger partial charge on any atom is -0.548 e. The fourth-order valence-electron chi connectivity index (χ4n) is 9.28. The average molecular weight is 987 g/mol. The van der Waals surface area contributed by atoms with Crippen LogP contribution in [0.3, 0.4) is 0 Å². The van der Waals surface area contributed by atoms with Crippen LogP contribution >= 0.6 is 0 Å². The first kappa shape index (κ1) is 52.8. The van der Waals surface area contributed by atoms with Crippen molar-refractivity contribution in [1.82, 2.24) is 57.1 Å². The molecule has 1 saturated heterocycles. The Morgan fingerprint density at radius 3 is 2.20 bits per heavy atom. The highest BCUT2D eigenvalue weighted by Gasteiger charge is 2.40. The number of benzene rings is 1. The molecule has 24 heteroatoms. The summed E-state index contributed by atoms with van der Waals surface area (Å²) in [4.78, 5) is 135. The average Bonchev–Trinajstić information content (AvgIpc) is 4.04. The third-order valence-corrected chi connectivity index (χ3v) is 12.9. The molecule has 2 aromatic heterocycles. The molecule has 7 bridgehead atoms. The van der Waals surface area contributed by atoms with E-state index in [9.17, 15) is 48.3 Å². The van der Waals surface area contributed by atoms with Gasteiger partial charge in [0.2, 0.25) is 47.3 Å². The van der Waals surface area contributed by atoms with Crippen LogP contribution in [0, 0.1) is 17.8 Å². The van der Waals surface area contributed by atoms with Gasteiger partial charge < -0.3 is 57.4 Å². The Labute approximate surface area is 409 Å². The van der Waals surface area contributed by atoms with E-state index in [1.807, 2.05) is 27.7 Å². The standard InChI is InChI=1S/C47H66N14O10/c1-21(2)14-31-43(67)59-37(23(5)6)44(68)58-32-17-27-26-10-9-24(36(22(3)4)38(45(69)57-31)60-41(65)29-11-12-34(62)53-29)15-30(26)55-39(27)61-19-25(52-20-61)16-33(46(70)71)54-35(63)18-51-40(64)28(56-42(32)66)8-7-13-50-47(48)49/h9-10,15,19-23,28-29,31-33,36-38,55H,7-8,11-14,16-18H2,1-6H3,(H,51,64)(H,53,62)(H,54,63)(H,56,66)(H,57,69)(H,58,68)(H,59,67)(H,60,65)(H,70,71)(H4,48,49,50)/t28-,29+,31-,32+,33+,36+,37-,38+/m1/s1. The number of imidazole rings is 1. The molecule has 3 aromatic rings. The zero-order valence-electron chi connectivity index (χ0n) is 40.7. The monoisotopic (exact) mass is 987 g/mol. The number of H-pyrrole nitrogens is 1. The first-order chi connectivity index (χ1) is 33.6. The lowest BCUT2D eigenvalue weighted by Gasteiger charge is -2.33. The molecule has 14 N–H and O–H groups in total. The van der Waals surface area contributed by atoms with Crippen LogP contribution in [0.5, 0.6) is 0 Å². The van der Waals surface area contributed by atoms with Crippen molar-refractivity contribution in [1.29, 1.82) is 0 Å². The Hall–Kier alpha value is -7.53. The van der Waals surface area contributed by atoms with Gasteiger partial charge in [-0.2, -0.15) is 0 Å². The quantitative estimate of drug-likeness (QED) is 0.0372. The number of carboxylic acids is 1. The van der Waals surface area contributed by atoms with Crippen LogP contribution in [-0.4, -0.2) is 129 Å². The van der Waals surface area contributed by atoms with Crippen molar-refractivity contribution in [2.75, 3.05) is 13.1 Å². The number of fused-ring (bicyclic) bond motifs is 13. The van der Waals surface area contributed by atoms with E-state index in [0.717, 1.165) is 0 Å². The van der Waals surface area contributed by atoms with Crippen LogP contribution < -0.4 is 64.1 Å². The van der Waals surface area contributed by atoms with E-state index in [1.165, 1.54) is 12.5 Å². The molecular formula is C47H66N14O10. The Balaban J connectivity index is 1.57. The molecule has 0 saturated carbocycles. The number of nitrogens with one attached hydrogen (secondary N) is 10. The summed E-state index contributed by atoms with van der Waals surface area (Å²) in [5.41, 5.74) is 12.9. The van der Waals surface area contributed by atoms with Gasteiger partial charge in [-0.25, -0.2) is 4.98 Å². The van der Waals surface area contributed by atoms with Gasteiger partial charge in [0.25, 0.3) is 0 Å². The molecule has 4 aliphatic rings. The lowest BCUT2D eigenvalue weighted by atomic mass is 9.81. The zero-order chi connectivity index (χ0) is 51.8. The third-order valence-electron chi connectivity index (χ3n) is 12.9. The Bertz CT molecular complexity index is 2560. The van der Waals surface area contributed by atoms with Crippen LogP contribution in [0.2, 0.25) is 0 Å². The highest BCUT2D eigenvalue weighted by atomic mass is 16.4. The highest BCUT2D eigenvalue weighted by molar-refractivity contribution is 5.99. The van der Waals surface area contributed by atoms with Crippen LogP contribution in [-0.2, 0) is 56.0 Å². The minimum atomic E-state index is -1.61. The van der Waals surface area contributed by atoms with Crippen molar-refractivity contribution >= 4 is 70.1 Å². The first-order valence-corrected chi connectivity index (χ1v) is 24.0. The number of guanidine groups is 1. The fourth-order valence-corrected chi connectivity index (χ4v) is 9.28. The first-order valence-electron chi connectivity index (χ1n) is 24.0. The van der Waals surface area contributed by atoms with Crippen LogP contribution in [0.15, 0.2) is 30.7 Å². The Kier molecular flexibility index (Phi) is 17.1. The molecule has 1 fully saturated rings. The molecule has 24 nitrogen and oxygen atoms in total. The van der Waals surface area contributed by atoms with Gasteiger partial charge in [0.1, 0.15) is 48.4 Å². The molecule has 8 amide bonds. The van der Waals surface area contributed by atoms with Crippen molar-refractivity contribution in [2.24, 2.45) is 29.2 Å². The van der Waals surface area contributed by atoms with Gasteiger partial charge in [-0.15, -0.1) is 0 Å². The molecule has 6 heterocycles. The zero-order valence-corrected chi connectivity index (χ0v) is 40.7. The van der Waals surface area contributed by atoms with Gasteiger partial charge in [0, 0.05) is 47.8 Å². The van der Waals surface area contributed by atoms with Crippen molar-refractivity contribution in [3.63, 3.8) is 0 Å². The van der Waals surface area contributed by atoms with E-state index in [0.29, 0.717) is 27.8 Å². The van der Waals surface area contributed by atoms with Gasteiger partial charge in [0.05, 0.1) is 30.8 Å². The van der Waals surface area contributed by atoms with Gasteiger partial charge in [0.15, 0.2) is 0 Å². The fraction of sp³-hybridized carbons (Fsp3) is 0.553. The lowest BCUT2D eigenvalue weighted by molar-refractivity contribution is -0.459. The Morgan fingerprint density at radius 2 is 1.55 bits per heavy atom. The maximum Gasteiger partial charge on any atom is 0.338 e. The topological polar surface area (TPSA) is 373 Å². The van der Waals surface area contributed by atoms with Crippen LogP contribution in [0.4, 0.5) is 0 Å². The largest absolute Gasteiger partial charge is 0.548 e. The predicted molar refractivity (Wildman–Crippen MR) is 254 cm³/mol. The number of nitrogens with two attached hydrogens (primary N) is 2. The third kappa shape index (κ3) is 13.2. The molecule has 0 spiro atoms. The molecule has 384 valence electrons. The van der Waals surface area contributed by atoms with E-state index < -0.39 is 108 Å². The smallest absolute Gasteiger partial charge is 0.338 e. The number of rotatable bonds is 11. The van der Waals surface area contributed by atoms with Gasteiger partial charge in [-0.1, -0.05) is 53.7 Å². The number of hydrogen-bond acceptors (Lipinski definition) is 11. The molecule has 4 aliphatic heterocycles. The summed E-state index contributed by atoms with van der Waals surface area (Å²) in [5, 5.41) is 34.5. The summed E-state index contributed by atoms with van der Waals surface area (Å²) < 4.78 is 1.56. The number of carboxylic acid groups (broad SMARTS) is 1. The summed E-state index contributed by atoms with van der Waals surface area (Å²) in [6, 6.07) is -3.62. The maximum absolute atomic E-state index is 14.8. The summed E-state index contributed by atoms with van der Waals surface area (Å²) in [6.45, 7) is 10.4. The summed E-state index contributed by atoms with van der Waals surface area (Å²) in [5.74, 6) is -8.62. The van der Waals surface area contributed by atoms with E-state index in [1.54, 1.807) is 36.6 Å². The van der Waals surface area contributed by atoms with Crippen LogP contribution in [0.1, 0.15) is 96.4 Å². The second kappa shape index (κ2) is 22.9. The van der Waals surface area contributed by atoms with Gasteiger partial charge in [-0.05, 0) is 55.1 Å². The van der Waals surface area contributed by atoms with Crippen molar-refractivity contribution in [3.8, 4) is 5.82 Å². The second-order valence-electron chi connectivity index (χ2n) is 19.6. The minimum absolute atomic E-state index is 0.0121. The second-order valence-corrected chi connectivity index (χ2v) is 19.6. The molecule has 1 aromatic carbocycles. The molecule has 7 rings (SSSR count). The van der Waals surface area contributed by atoms with Crippen molar-refractivity contribution in [2.45, 2.75) is 135 Å². The predicted octanol–water partition coefficient (Wildman–Crippen LogP) is -4.90. The molecule has 0 aliphatic carbocycles. The van der Waals surface area contributed by atoms with Crippen molar-refractivity contribution < 1.29 is 53.2 Å². The number of carbonyl (C=O) groups is 9.